The van der Waals surface area contributed by atoms with Gasteiger partial charge in [0.2, 0.25) is 0 Å². The maximum absolute atomic E-state index is 13.0. The summed E-state index contributed by atoms with van der Waals surface area (Å²) in [4.78, 5) is 19.4. The van der Waals surface area contributed by atoms with Crippen LogP contribution in [0.5, 0.6) is 5.75 Å². The molecule has 1 atom stereocenters. The predicted molar refractivity (Wildman–Crippen MR) is 116 cm³/mol. The minimum absolute atomic E-state index is 0.104. The molecule has 3 aromatic rings. The van der Waals surface area contributed by atoms with Crippen molar-refractivity contribution in [2.45, 2.75) is 26.3 Å². The van der Waals surface area contributed by atoms with Crippen LogP contribution in [0, 0.1) is 11.7 Å². The molecule has 0 unspecified atom stereocenters. The largest absolute Gasteiger partial charge is 0.481 e. The van der Waals surface area contributed by atoms with E-state index >= 15 is 0 Å². The van der Waals surface area contributed by atoms with Crippen LogP contribution in [-0.4, -0.2) is 30.6 Å². The van der Waals surface area contributed by atoms with Gasteiger partial charge in [0, 0.05) is 25.0 Å². The summed E-state index contributed by atoms with van der Waals surface area (Å²) in [7, 11) is 0. The lowest BCUT2D eigenvalue weighted by molar-refractivity contribution is -0.123. The number of carbonyl (C=O) groups excluding carboxylic acids is 1. The van der Waals surface area contributed by atoms with Crippen molar-refractivity contribution in [1.29, 1.82) is 0 Å². The number of aromatic nitrogens is 1. The van der Waals surface area contributed by atoms with Crippen LogP contribution in [0.2, 0.25) is 0 Å². The quantitative estimate of drug-likeness (QED) is 0.662. The lowest BCUT2D eigenvalue weighted by Crippen LogP contribution is -2.34. The zero-order chi connectivity index (χ0) is 20.9. The highest BCUT2D eigenvalue weighted by atomic mass is 19.1. The van der Waals surface area contributed by atoms with Crippen molar-refractivity contribution in [3.05, 3.63) is 66.0 Å². The van der Waals surface area contributed by atoms with Gasteiger partial charge in [-0.05, 0) is 54.7 Å². The summed E-state index contributed by atoms with van der Waals surface area (Å²) >= 11 is 0. The van der Waals surface area contributed by atoms with E-state index in [2.05, 4.69) is 29.3 Å². The molecule has 6 heteroatoms. The lowest BCUT2D eigenvalue weighted by atomic mass is 10.0. The zero-order valence-corrected chi connectivity index (χ0v) is 17.1. The number of nitrogens with zero attached hydrogens (tertiary/aromatic N) is 2. The van der Waals surface area contributed by atoms with E-state index in [1.807, 2.05) is 18.2 Å². The van der Waals surface area contributed by atoms with Crippen LogP contribution in [0.1, 0.15) is 25.3 Å². The smallest absolute Gasteiger partial charge is 0.258 e. The van der Waals surface area contributed by atoms with E-state index in [0.29, 0.717) is 18.2 Å². The lowest BCUT2D eigenvalue weighted by Gasteiger charge is -2.32. The van der Waals surface area contributed by atoms with E-state index in [0.717, 1.165) is 35.4 Å². The summed E-state index contributed by atoms with van der Waals surface area (Å²) in [6.07, 6.45) is 2.43. The van der Waals surface area contributed by atoms with Gasteiger partial charge in [0.05, 0.1) is 0 Å². The maximum atomic E-state index is 13.0. The SMILES string of the molecule is C[C@@H]1CCCN(c2ccc3cccc(OCC(=O)NCc4ccc(F)cc4)c3n2)C1. The second kappa shape index (κ2) is 9.11. The molecule has 1 aromatic heterocycles. The van der Waals surface area contributed by atoms with Crippen LogP contribution in [0.4, 0.5) is 10.2 Å². The molecule has 1 aliphatic rings. The molecule has 0 saturated carbocycles. The van der Waals surface area contributed by atoms with E-state index in [4.69, 9.17) is 9.72 Å². The van der Waals surface area contributed by atoms with E-state index in [9.17, 15) is 9.18 Å². The van der Waals surface area contributed by atoms with Gasteiger partial charge in [-0.15, -0.1) is 0 Å². The molecule has 2 heterocycles. The van der Waals surface area contributed by atoms with Gasteiger partial charge in [-0.2, -0.15) is 0 Å². The fourth-order valence-corrected chi connectivity index (χ4v) is 3.80. The molecule has 1 saturated heterocycles. The molecule has 1 N–H and O–H groups in total. The van der Waals surface area contributed by atoms with Crippen molar-refractivity contribution < 1.29 is 13.9 Å². The summed E-state index contributed by atoms with van der Waals surface area (Å²) in [5, 5.41) is 3.77. The topological polar surface area (TPSA) is 54.5 Å². The second-order valence-electron chi connectivity index (χ2n) is 7.88. The van der Waals surface area contributed by atoms with Crippen LogP contribution >= 0.6 is 0 Å². The molecule has 30 heavy (non-hydrogen) atoms. The van der Waals surface area contributed by atoms with Gasteiger partial charge in [0.15, 0.2) is 6.61 Å². The van der Waals surface area contributed by atoms with Crippen molar-refractivity contribution in [3.63, 3.8) is 0 Å². The monoisotopic (exact) mass is 407 g/mol. The molecular formula is C24H26FN3O2. The van der Waals surface area contributed by atoms with E-state index < -0.39 is 0 Å². The third kappa shape index (κ3) is 4.87. The van der Waals surface area contributed by atoms with Gasteiger partial charge < -0.3 is 15.0 Å². The summed E-state index contributed by atoms with van der Waals surface area (Å²) in [5.41, 5.74) is 1.59. The highest BCUT2D eigenvalue weighted by molar-refractivity contribution is 5.86. The Labute approximate surface area is 175 Å². The average molecular weight is 407 g/mol. The highest BCUT2D eigenvalue weighted by Crippen LogP contribution is 2.28. The van der Waals surface area contributed by atoms with Gasteiger partial charge in [0.1, 0.15) is 22.9 Å². The molecule has 1 aliphatic heterocycles. The van der Waals surface area contributed by atoms with Crippen molar-refractivity contribution in [2.75, 3.05) is 24.6 Å². The fourth-order valence-electron chi connectivity index (χ4n) is 3.80. The van der Waals surface area contributed by atoms with Crippen molar-refractivity contribution in [2.24, 2.45) is 5.92 Å². The number of ether oxygens (including phenoxy) is 1. The summed E-state index contributed by atoms with van der Waals surface area (Å²) in [6, 6.07) is 15.9. The first kappa shape index (κ1) is 20.1. The van der Waals surface area contributed by atoms with E-state index in [1.165, 1.54) is 25.0 Å². The van der Waals surface area contributed by atoms with Crippen LogP contribution in [-0.2, 0) is 11.3 Å². The first-order valence-corrected chi connectivity index (χ1v) is 10.4. The van der Waals surface area contributed by atoms with Crippen molar-refractivity contribution >= 4 is 22.6 Å². The first-order chi connectivity index (χ1) is 14.6. The molecule has 0 radical (unpaired) electrons. The third-order valence-corrected chi connectivity index (χ3v) is 5.41. The van der Waals surface area contributed by atoms with E-state index in [-0.39, 0.29) is 18.3 Å². The number of pyridine rings is 1. The second-order valence-corrected chi connectivity index (χ2v) is 7.88. The Morgan fingerprint density at radius 2 is 2.03 bits per heavy atom. The molecule has 0 bridgehead atoms. The summed E-state index contributed by atoms with van der Waals surface area (Å²) < 4.78 is 18.8. The number of hydrogen-bond acceptors (Lipinski definition) is 4. The standard InChI is InChI=1S/C24H26FN3O2/c1-17-4-3-13-28(15-17)22-12-9-19-5-2-6-21(24(19)27-22)30-16-23(29)26-14-18-7-10-20(25)11-8-18/h2,5-12,17H,3-4,13-16H2,1H3,(H,26,29)/t17-/m1/s1. The Kier molecular flexibility index (Phi) is 6.12. The van der Waals surface area contributed by atoms with Crippen molar-refractivity contribution in [3.8, 4) is 5.75 Å². The van der Waals surface area contributed by atoms with E-state index in [1.54, 1.807) is 12.1 Å². The van der Waals surface area contributed by atoms with Crippen molar-refractivity contribution in [1.82, 2.24) is 10.3 Å². The molecule has 0 spiro atoms. The van der Waals surface area contributed by atoms with Crippen LogP contribution in [0.15, 0.2) is 54.6 Å². The number of carbonyl (C=O) groups is 1. The van der Waals surface area contributed by atoms with Gasteiger partial charge in [-0.3, -0.25) is 4.79 Å². The number of para-hydroxylation sites is 1. The Balaban J connectivity index is 1.42. The third-order valence-electron chi connectivity index (χ3n) is 5.41. The minimum atomic E-state index is -0.296. The number of amides is 1. The normalized spacial score (nSPS) is 16.5. The molecule has 0 aliphatic carbocycles. The number of anilines is 1. The minimum Gasteiger partial charge on any atom is -0.481 e. The molecule has 156 valence electrons. The molecule has 2 aromatic carbocycles. The van der Waals surface area contributed by atoms with Gasteiger partial charge in [-0.1, -0.05) is 31.2 Å². The molecule has 4 rings (SSSR count). The highest BCUT2D eigenvalue weighted by Gasteiger charge is 2.18. The Morgan fingerprint density at radius 3 is 2.83 bits per heavy atom. The Hall–Kier alpha value is -3.15. The number of hydrogen-bond donors (Lipinski definition) is 1. The molecule has 5 nitrogen and oxygen atoms in total. The molecular weight excluding hydrogens is 381 g/mol. The number of rotatable bonds is 6. The average Bonchev–Trinajstić information content (AvgIpc) is 2.77. The molecule has 1 amide bonds. The first-order valence-electron chi connectivity index (χ1n) is 10.4. The number of piperidine rings is 1. The van der Waals surface area contributed by atoms with Crippen LogP contribution < -0.4 is 15.0 Å². The summed E-state index contributed by atoms with van der Waals surface area (Å²) in [6.45, 7) is 4.51. The Bertz CT molecular complexity index is 1020. The summed E-state index contributed by atoms with van der Waals surface area (Å²) in [5.74, 6) is 1.67. The number of nitrogens with one attached hydrogen (secondary N) is 1. The fraction of sp³-hybridized carbons (Fsp3) is 0.333. The molecule has 1 fully saturated rings. The number of halogens is 1. The number of fused-ring (bicyclic) bond motifs is 1. The predicted octanol–water partition coefficient (Wildman–Crippen LogP) is 4.31. The van der Waals surface area contributed by atoms with Gasteiger partial charge in [0.25, 0.3) is 5.91 Å². The van der Waals surface area contributed by atoms with Gasteiger partial charge in [-0.25, -0.2) is 9.37 Å². The number of benzene rings is 2. The zero-order valence-electron chi connectivity index (χ0n) is 17.1. The maximum Gasteiger partial charge on any atom is 0.258 e. The van der Waals surface area contributed by atoms with Crippen LogP contribution in [0.25, 0.3) is 10.9 Å². The van der Waals surface area contributed by atoms with Gasteiger partial charge >= 0.3 is 0 Å². The van der Waals surface area contributed by atoms with Crippen LogP contribution in [0.3, 0.4) is 0 Å². The Morgan fingerprint density at radius 1 is 1.20 bits per heavy atom.